The summed E-state index contributed by atoms with van der Waals surface area (Å²) in [5, 5.41) is 11.4. The fourth-order valence-electron chi connectivity index (χ4n) is 1.46. The number of aliphatic carboxylic acids is 1. The van der Waals surface area contributed by atoms with Crippen molar-refractivity contribution in [1.82, 2.24) is 5.32 Å². The molecule has 17 heavy (non-hydrogen) atoms. The highest BCUT2D eigenvalue weighted by Gasteiger charge is 2.23. The van der Waals surface area contributed by atoms with Crippen LogP contribution < -0.4 is 5.32 Å². The molecule has 1 atom stereocenters. The van der Waals surface area contributed by atoms with Crippen molar-refractivity contribution in [3.05, 3.63) is 0 Å². The van der Waals surface area contributed by atoms with Crippen LogP contribution in [0.25, 0.3) is 0 Å². The van der Waals surface area contributed by atoms with Gasteiger partial charge in [-0.25, -0.2) is 4.79 Å². The standard InChI is InChI=1S/C12H21NO4/c1-8(2)11(12(15)16)13-10(14)5-6-17-7-9-3-4-9/h8-9,11H,3-7H2,1-2H3,(H,13,14)(H,15,16)/t11-/m0/s1. The smallest absolute Gasteiger partial charge is 0.326 e. The number of nitrogens with one attached hydrogen (secondary N) is 1. The van der Waals surface area contributed by atoms with Crippen LogP contribution in [0.4, 0.5) is 0 Å². The third-order valence-electron chi connectivity index (χ3n) is 2.77. The summed E-state index contributed by atoms with van der Waals surface area (Å²) in [7, 11) is 0. The lowest BCUT2D eigenvalue weighted by atomic mass is 10.0. The van der Waals surface area contributed by atoms with E-state index in [1.54, 1.807) is 13.8 Å². The number of carbonyl (C=O) groups is 2. The number of carboxylic acids is 1. The molecule has 98 valence electrons. The van der Waals surface area contributed by atoms with E-state index >= 15 is 0 Å². The lowest BCUT2D eigenvalue weighted by Crippen LogP contribution is -2.44. The summed E-state index contributed by atoms with van der Waals surface area (Å²) in [6, 6.07) is -0.814. The van der Waals surface area contributed by atoms with Gasteiger partial charge in [0.05, 0.1) is 6.61 Å². The molecule has 0 spiro atoms. The normalized spacial score (nSPS) is 16.9. The number of carbonyl (C=O) groups excluding carboxylic acids is 1. The van der Waals surface area contributed by atoms with Gasteiger partial charge in [0.1, 0.15) is 6.04 Å². The highest BCUT2D eigenvalue weighted by atomic mass is 16.5. The molecular formula is C12H21NO4. The Labute approximate surface area is 102 Å². The molecule has 5 heteroatoms. The van der Waals surface area contributed by atoms with Gasteiger partial charge in [-0.05, 0) is 24.7 Å². The minimum Gasteiger partial charge on any atom is -0.480 e. The van der Waals surface area contributed by atoms with Gasteiger partial charge in [-0.3, -0.25) is 4.79 Å². The maximum absolute atomic E-state index is 11.5. The first-order valence-corrected chi connectivity index (χ1v) is 6.10. The second kappa shape index (κ2) is 6.59. The Morgan fingerprint density at radius 3 is 2.53 bits per heavy atom. The Bertz CT molecular complexity index is 274. The minimum absolute atomic E-state index is 0.121. The molecule has 1 rings (SSSR count). The monoisotopic (exact) mass is 243 g/mol. The predicted octanol–water partition coefficient (Wildman–Crippen LogP) is 1.03. The van der Waals surface area contributed by atoms with E-state index in [9.17, 15) is 9.59 Å². The third kappa shape index (κ3) is 5.68. The Hall–Kier alpha value is -1.10. The molecule has 1 aliphatic carbocycles. The number of carboxylic acid groups (broad SMARTS) is 1. The average Bonchev–Trinajstić information content (AvgIpc) is 3.04. The molecule has 0 aliphatic heterocycles. The first kappa shape index (κ1) is 14.0. The number of amides is 1. The van der Waals surface area contributed by atoms with Crippen LogP contribution in [0.5, 0.6) is 0 Å². The lowest BCUT2D eigenvalue weighted by molar-refractivity contribution is -0.143. The largest absolute Gasteiger partial charge is 0.480 e. The molecule has 1 fully saturated rings. The van der Waals surface area contributed by atoms with Crippen LogP contribution in [0.15, 0.2) is 0 Å². The first-order valence-electron chi connectivity index (χ1n) is 6.10. The zero-order valence-electron chi connectivity index (χ0n) is 10.4. The van der Waals surface area contributed by atoms with Gasteiger partial charge in [-0.15, -0.1) is 0 Å². The van der Waals surface area contributed by atoms with Gasteiger partial charge in [-0.2, -0.15) is 0 Å². The Kier molecular flexibility index (Phi) is 5.41. The van der Waals surface area contributed by atoms with Crippen molar-refractivity contribution in [2.75, 3.05) is 13.2 Å². The van der Waals surface area contributed by atoms with Crippen LogP contribution in [-0.4, -0.2) is 36.2 Å². The third-order valence-corrected chi connectivity index (χ3v) is 2.77. The summed E-state index contributed by atoms with van der Waals surface area (Å²) in [6.45, 7) is 4.62. The molecule has 1 saturated carbocycles. The van der Waals surface area contributed by atoms with E-state index in [0.29, 0.717) is 12.5 Å². The van der Waals surface area contributed by atoms with Gasteiger partial charge >= 0.3 is 5.97 Å². The maximum atomic E-state index is 11.5. The van der Waals surface area contributed by atoms with E-state index in [2.05, 4.69) is 5.32 Å². The van der Waals surface area contributed by atoms with Gasteiger partial charge in [0.15, 0.2) is 0 Å². The molecule has 0 aromatic heterocycles. The molecule has 0 aromatic rings. The highest BCUT2D eigenvalue weighted by Crippen LogP contribution is 2.28. The molecular weight excluding hydrogens is 222 g/mol. The maximum Gasteiger partial charge on any atom is 0.326 e. The van der Waals surface area contributed by atoms with Gasteiger partial charge < -0.3 is 15.2 Å². The van der Waals surface area contributed by atoms with Crippen molar-refractivity contribution < 1.29 is 19.4 Å². The van der Waals surface area contributed by atoms with Crippen LogP contribution in [0.3, 0.4) is 0 Å². The summed E-state index contributed by atoms with van der Waals surface area (Å²) in [4.78, 5) is 22.3. The van der Waals surface area contributed by atoms with Crippen molar-refractivity contribution in [3.8, 4) is 0 Å². The van der Waals surface area contributed by atoms with Gasteiger partial charge in [0.2, 0.25) is 5.91 Å². The summed E-state index contributed by atoms with van der Waals surface area (Å²) in [5.74, 6) is -0.696. The highest BCUT2D eigenvalue weighted by molar-refractivity contribution is 5.83. The summed E-state index contributed by atoms with van der Waals surface area (Å²) in [5.41, 5.74) is 0. The Balaban J connectivity index is 2.14. The molecule has 0 bridgehead atoms. The second-order valence-electron chi connectivity index (χ2n) is 4.90. The number of rotatable bonds is 8. The molecule has 0 aromatic carbocycles. The SMILES string of the molecule is CC(C)[C@H](NC(=O)CCOCC1CC1)C(=O)O. The fourth-order valence-corrected chi connectivity index (χ4v) is 1.46. The van der Waals surface area contributed by atoms with Crippen molar-refractivity contribution in [3.63, 3.8) is 0 Å². The van der Waals surface area contributed by atoms with E-state index in [4.69, 9.17) is 9.84 Å². The van der Waals surface area contributed by atoms with E-state index in [-0.39, 0.29) is 18.2 Å². The van der Waals surface area contributed by atoms with Crippen molar-refractivity contribution in [2.24, 2.45) is 11.8 Å². The van der Waals surface area contributed by atoms with Gasteiger partial charge in [0, 0.05) is 13.0 Å². The zero-order valence-corrected chi connectivity index (χ0v) is 10.4. The number of hydrogen-bond donors (Lipinski definition) is 2. The van der Waals surface area contributed by atoms with E-state index in [1.165, 1.54) is 12.8 Å². The first-order chi connectivity index (χ1) is 8.00. The number of ether oxygens (including phenoxy) is 1. The summed E-state index contributed by atoms with van der Waals surface area (Å²) >= 11 is 0. The molecule has 1 amide bonds. The molecule has 0 saturated heterocycles. The van der Waals surface area contributed by atoms with E-state index in [0.717, 1.165) is 6.61 Å². The quantitative estimate of drug-likeness (QED) is 0.624. The summed E-state index contributed by atoms with van der Waals surface area (Å²) < 4.78 is 5.32. The van der Waals surface area contributed by atoms with Crippen LogP contribution >= 0.6 is 0 Å². The zero-order chi connectivity index (χ0) is 12.8. The van der Waals surface area contributed by atoms with Crippen molar-refractivity contribution in [1.29, 1.82) is 0 Å². The Morgan fingerprint density at radius 2 is 2.06 bits per heavy atom. The van der Waals surface area contributed by atoms with Crippen molar-refractivity contribution >= 4 is 11.9 Å². The van der Waals surface area contributed by atoms with Crippen molar-refractivity contribution in [2.45, 2.75) is 39.2 Å². The summed E-state index contributed by atoms with van der Waals surface area (Å²) in [6.07, 6.45) is 2.67. The lowest BCUT2D eigenvalue weighted by Gasteiger charge is -2.17. The van der Waals surface area contributed by atoms with Crippen LogP contribution in [0.2, 0.25) is 0 Å². The molecule has 0 radical (unpaired) electrons. The van der Waals surface area contributed by atoms with E-state index in [1.807, 2.05) is 0 Å². The van der Waals surface area contributed by atoms with Crippen LogP contribution in [-0.2, 0) is 14.3 Å². The van der Waals surface area contributed by atoms with Gasteiger partial charge in [-0.1, -0.05) is 13.8 Å². The van der Waals surface area contributed by atoms with Crippen LogP contribution in [0.1, 0.15) is 33.1 Å². The van der Waals surface area contributed by atoms with Crippen LogP contribution in [0, 0.1) is 11.8 Å². The van der Waals surface area contributed by atoms with Gasteiger partial charge in [0.25, 0.3) is 0 Å². The average molecular weight is 243 g/mol. The van der Waals surface area contributed by atoms with E-state index < -0.39 is 12.0 Å². The second-order valence-corrected chi connectivity index (χ2v) is 4.90. The fraction of sp³-hybridized carbons (Fsp3) is 0.833. The molecule has 1 aliphatic rings. The molecule has 2 N–H and O–H groups in total. The topological polar surface area (TPSA) is 75.6 Å². The predicted molar refractivity (Wildman–Crippen MR) is 62.6 cm³/mol. The molecule has 0 unspecified atom stereocenters. The molecule has 0 heterocycles. The Morgan fingerprint density at radius 1 is 1.41 bits per heavy atom. The number of hydrogen-bond acceptors (Lipinski definition) is 3. The molecule has 5 nitrogen and oxygen atoms in total. The minimum atomic E-state index is -0.993.